The highest BCUT2D eigenvalue weighted by molar-refractivity contribution is 5.94. The number of benzene rings is 1. The molecule has 3 atom stereocenters. The summed E-state index contributed by atoms with van der Waals surface area (Å²) in [6.45, 7) is 4.65. The van der Waals surface area contributed by atoms with Gasteiger partial charge in [-0.3, -0.25) is 9.59 Å². The summed E-state index contributed by atoms with van der Waals surface area (Å²) in [5, 5.41) is 24.6. The van der Waals surface area contributed by atoms with Crippen molar-refractivity contribution in [3.05, 3.63) is 61.7 Å². The van der Waals surface area contributed by atoms with E-state index in [4.69, 9.17) is 9.72 Å². The fraction of sp³-hybridized carbons (Fsp3) is 0.407. The van der Waals surface area contributed by atoms with Gasteiger partial charge in [0.1, 0.15) is 18.5 Å². The van der Waals surface area contributed by atoms with E-state index in [-0.39, 0.29) is 30.7 Å². The fourth-order valence-corrected chi connectivity index (χ4v) is 5.99. The van der Waals surface area contributed by atoms with E-state index in [1.165, 1.54) is 17.6 Å². The zero-order valence-electron chi connectivity index (χ0n) is 20.6. The molecular formula is C27H26FN3O6. The summed E-state index contributed by atoms with van der Waals surface area (Å²) in [6.07, 6.45) is -0.187. The Balaban J connectivity index is 1.65. The number of hydrogen-bond acceptors (Lipinski definition) is 7. The van der Waals surface area contributed by atoms with E-state index >= 15 is 0 Å². The molecule has 0 spiro atoms. The van der Waals surface area contributed by atoms with Crippen LogP contribution in [0.1, 0.15) is 66.1 Å². The number of hydrogen-bond donors (Lipinski definition) is 3. The first-order valence-electron chi connectivity index (χ1n) is 12.4. The minimum absolute atomic E-state index is 0.0201. The summed E-state index contributed by atoms with van der Waals surface area (Å²) in [6, 6.07) is 2.49. The molecule has 0 saturated carbocycles. The average Bonchev–Trinajstić information content (AvgIpc) is 3.24. The zero-order valence-corrected chi connectivity index (χ0v) is 20.6. The molecule has 2 aromatic heterocycles. The normalized spacial score (nSPS) is 22.2. The number of aliphatic hydroxyl groups excluding tert-OH is 1. The summed E-state index contributed by atoms with van der Waals surface area (Å²) in [4.78, 5) is 43.3. The molecule has 6 rings (SSSR count). The van der Waals surface area contributed by atoms with Gasteiger partial charge in [-0.05, 0) is 55.9 Å². The number of fused-ring (bicyclic) bond motifs is 5. The lowest BCUT2D eigenvalue weighted by atomic mass is 9.81. The molecule has 0 radical (unpaired) electrons. The van der Waals surface area contributed by atoms with Gasteiger partial charge in [-0.1, -0.05) is 6.92 Å². The average molecular weight is 508 g/mol. The van der Waals surface area contributed by atoms with Gasteiger partial charge in [0.05, 0.1) is 35.1 Å². The number of nitrogens with one attached hydrogen (secondary N) is 1. The number of aliphatic hydroxyl groups is 2. The molecule has 9 nitrogen and oxygen atoms in total. The summed E-state index contributed by atoms with van der Waals surface area (Å²) in [5.41, 5.74) is 2.07. The molecule has 0 bridgehead atoms. The van der Waals surface area contributed by atoms with Gasteiger partial charge in [0.25, 0.3) is 5.56 Å². The Morgan fingerprint density at radius 2 is 2.08 bits per heavy atom. The van der Waals surface area contributed by atoms with Crippen molar-refractivity contribution >= 4 is 22.8 Å². The van der Waals surface area contributed by atoms with Gasteiger partial charge in [-0.25, -0.2) is 14.2 Å². The molecule has 192 valence electrons. The topological polar surface area (TPSA) is 131 Å². The Morgan fingerprint density at radius 3 is 2.78 bits per heavy atom. The molecule has 0 unspecified atom stereocenters. The van der Waals surface area contributed by atoms with Crippen LogP contribution in [0.3, 0.4) is 0 Å². The number of carbonyl (C=O) groups is 2. The lowest BCUT2D eigenvalue weighted by Crippen LogP contribution is -2.44. The lowest BCUT2D eigenvalue weighted by molar-refractivity contribution is -0.172. The van der Waals surface area contributed by atoms with Crippen LogP contribution in [0, 0.1) is 12.7 Å². The Labute approximate surface area is 210 Å². The second-order valence-corrected chi connectivity index (χ2v) is 10.1. The van der Waals surface area contributed by atoms with E-state index in [0.717, 1.165) is 16.5 Å². The SMILES string of the molecule is CC[C@@]1(O)C(=O)OCc2c1cc1n(c2=O)Cc2c-1nc1cc(F)c(C)c3c1c2[C@H](NC(=O)[C@@H](C)O)CC3. The number of cyclic esters (lactones) is 1. The quantitative estimate of drug-likeness (QED) is 0.362. The molecular weight excluding hydrogens is 481 g/mol. The van der Waals surface area contributed by atoms with E-state index in [1.807, 2.05) is 0 Å². The van der Waals surface area contributed by atoms with Crippen molar-refractivity contribution in [2.45, 2.75) is 70.9 Å². The number of pyridine rings is 2. The molecule has 0 saturated heterocycles. The van der Waals surface area contributed by atoms with Gasteiger partial charge in [-0.2, -0.15) is 0 Å². The first-order chi connectivity index (χ1) is 17.6. The summed E-state index contributed by atoms with van der Waals surface area (Å²) < 4.78 is 21.6. The number of esters is 1. The molecule has 37 heavy (non-hydrogen) atoms. The second-order valence-electron chi connectivity index (χ2n) is 10.1. The Bertz CT molecular complexity index is 1610. The van der Waals surface area contributed by atoms with Crippen LogP contribution < -0.4 is 10.9 Å². The number of nitrogens with zero attached hydrogens (tertiary/aromatic N) is 2. The number of rotatable bonds is 3. The highest BCUT2D eigenvalue weighted by Gasteiger charge is 2.46. The van der Waals surface area contributed by atoms with Gasteiger partial charge in [-0.15, -0.1) is 0 Å². The lowest BCUT2D eigenvalue weighted by Gasteiger charge is -2.31. The highest BCUT2D eigenvalue weighted by Crippen LogP contribution is 2.45. The van der Waals surface area contributed by atoms with Gasteiger partial charge < -0.3 is 24.8 Å². The maximum Gasteiger partial charge on any atom is 0.343 e. The first-order valence-corrected chi connectivity index (χ1v) is 12.4. The third kappa shape index (κ3) is 3.15. The Hall–Kier alpha value is -3.63. The first kappa shape index (κ1) is 23.7. The van der Waals surface area contributed by atoms with Crippen molar-refractivity contribution in [1.29, 1.82) is 0 Å². The van der Waals surface area contributed by atoms with Crippen molar-refractivity contribution in [2.24, 2.45) is 0 Å². The van der Waals surface area contributed by atoms with E-state index in [9.17, 15) is 29.0 Å². The van der Waals surface area contributed by atoms with Crippen LogP contribution in [0.4, 0.5) is 4.39 Å². The molecule has 10 heteroatoms. The van der Waals surface area contributed by atoms with Gasteiger partial charge >= 0.3 is 5.97 Å². The van der Waals surface area contributed by atoms with Crippen molar-refractivity contribution in [3.63, 3.8) is 0 Å². The van der Waals surface area contributed by atoms with Crippen LogP contribution in [0.2, 0.25) is 0 Å². The van der Waals surface area contributed by atoms with Gasteiger partial charge in [0.15, 0.2) is 5.60 Å². The molecule has 3 N–H and O–H groups in total. The van der Waals surface area contributed by atoms with Crippen LogP contribution in [-0.4, -0.2) is 37.7 Å². The third-order valence-electron chi connectivity index (χ3n) is 8.07. The van der Waals surface area contributed by atoms with E-state index < -0.39 is 41.0 Å². The van der Waals surface area contributed by atoms with Gasteiger partial charge in [0.2, 0.25) is 5.91 Å². The number of amides is 1. The number of carbonyl (C=O) groups excluding carboxylic acids is 2. The van der Waals surface area contributed by atoms with Crippen molar-refractivity contribution in [3.8, 4) is 11.4 Å². The predicted octanol–water partition coefficient (Wildman–Crippen LogP) is 2.01. The predicted molar refractivity (Wildman–Crippen MR) is 130 cm³/mol. The number of ether oxygens (including phenoxy) is 1. The molecule has 3 aromatic rings. The van der Waals surface area contributed by atoms with E-state index in [2.05, 4.69) is 5.32 Å². The number of halogens is 1. The largest absolute Gasteiger partial charge is 0.458 e. The molecule has 4 heterocycles. The molecule has 2 aliphatic heterocycles. The fourth-order valence-electron chi connectivity index (χ4n) is 5.99. The summed E-state index contributed by atoms with van der Waals surface area (Å²) in [5.74, 6) is -1.73. The Kier molecular flexibility index (Phi) is 5.09. The molecule has 0 fully saturated rings. The minimum atomic E-state index is -1.96. The molecule has 3 aliphatic rings. The standard InChI is InChI=1S/C27H26FN3O6/c1-4-27(36)16-7-20-23-14(9-31(20)25(34)15(16)10-37-26(27)35)22-18(30-24(33)12(3)32)6-5-13-11(2)17(28)8-19(29-23)21(13)22/h7-8,12,18,32,36H,4-6,9-10H2,1-3H3,(H,30,33)/t12-,18-,27+/m1/s1. The van der Waals surface area contributed by atoms with Crippen molar-refractivity contribution < 1.29 is 28.9 Å². The summed E-state index contributed by atoms with van der Waals surface area (Å²) in [7, 11) is 0. The van der Waals surface area contributed by atoms with Crippen molar-refractivity contribution in [1.82, 2.24) is 14.9 Å². The van der Waals surface area contributed by atoms with Crippen LogP contribution in [0.5, 0.6) is 0 Å². The van der Waals surface area contributed by atoms with Crippen LogP contribution in [-0.2, 0) is 39.5 Å². The van der Waals surface area contributed by atoms with E-state index in [1.54, 1.807) is 19.9 Å². The van der Waals surface area contributed by atoms with Crippen LogP contribution >= 0.6 is 0 Å². The summed E-state index contributed by atoms with van der Waals surface area (Å²) >= 11 is 0. The Morgan fingerprint density at radius 1 is 1.32 bits per heavy atom. The van der Waals surface area contributed by atoms with Crippen molar-refractivity contribution in [2.75, 3.05) is 0 Å². The molecule has 1 aliphatic carbocycles. The maximum absolute atomic E-state index is 14.9. The van der Waals surface area contributed by atoms with Crippen LogP contribution in [0.15, 0.2) is 16.9 Å². The number of aryl methyl sites for hydroxylation is 1. The monoisotopic (exact) mass is 507 g/mol. The number of aromatic nitrogens is 2. The smallest absolute Gasteiger partial charge is 0.343 e. The van der Waals surface area contributed by atoms with Crippen LogP contribution in [0.25, 0.3) is 22.3 Å². The second kappa shape index (κ2) is 7.93. The zero-order chi connectivity index (χ0) is 26.4. The van der Waals surface area contributed by atoms with E-state index in [0.29, 0.717) is 40.9 Å². The molecule has 1 aromatic carbocycles. The highest BCUT2D eigenvalue weighted by atomic mass is 19.1. The van der Waals surface area contributed by atoms with Gasteiger partial charge in [0, 0.05) is 22.6 Å². The third-order valence-corrected chi connectivity index (χ3v) is 8.07. The molecule has 1 amide bonds. The minimum Gasteiger partial charge on any atom is -0.458 e. The maximum atomic E-state index is 14.9.